The van der Waals surface area contributed by atoms with E-state index in [4.69, 9.17) is 0 Å². The second kappa shape index (κ2) is 7.02. The van der Waals surface area contributed by atoms with Gasteiger partial charge in [-0.3, -0.25) is 0 Å². The van der Waals surface area contributed by atoms with Gasteiger partial charge in [0, 0.05) is 30.7 Å². The summed E-state index contributed by atoms with van der Waals surface area (Å²) in [5.41, 5.74) is 3.44. The smallest absolute Gasteiger partial charge is 0.240 e. The van der Waals surface area contributed by atoms with Crippen LogP contribution < -0.4 is 4.72 Å². The van der Waals surface area contributed by atoms with Crippen molar-refractivity contribution in [1.29, 1.82) is 0 Å². The first-order valence-electron chi connectivity index (χ1n) is 8.51. The van der Waals surface area contributed by atoms with Gasteiger partial charge in [0.1, 0.15) is 0 Å². The molecule has 25 heavy (non-hydrogen) atoms. The summed E-state index contributed by atoms with van der Waals surface area (Å²) in [6.07, 6.45) is 2.72. The quantitative estimate of drug-likeness (QED) is 0.730. The van der Waals surface area contributed by atoms with Crippen molar-refractivity contribution in [1.82, 2.24) is 9.29 Å². The number of aryl methyl sites for hydroxylation is 1. The van der Waals surface area contributed by atoms with Crippen LogP contribution in [0.5, 0.6) is 0 Å². The molecule has 0 unspecified atom stereocenters. The van der Waals surface area contributed by atoms with Gasteiger partial charge in [-0.25, -0.2) is 13.1 Å². The van der Waals surface area contributed by atoms with Crippen LogP contribution in [-0.4, -0.2) is 19.5 Å². The number of rotatable bonds is 6. The van der Waals surface area contributed by atoms with Gasteiger partial charge in [0.2, 0.25) is 10.0 Å². The second-order valence-corrected chi connectivity index (χ2v) is 8.42. The SMILES string of the molecule is CC(C)c1ccc(S(=O)(=O)NCCc2cn(C)c3ccccc23)cc1. The highest BCUT2D eigenvalue weighted by Crippen LogP contribution is 2.21. The molecule has 0 aliphatic rings. The number of aromatic nitrogens is 1. The van der Waals surface area contributed by atoms with Crippen molar-refractivity contribution in [2.75, 3.05) is 6.54 Å². The molecular weight excluding hydrogens is 332 g/mol. The molecule has 0 fully saturated rings. The highest BCUT2D eigenvalue weighted by atomic mass is 32.2. The molecule has 0 aliphatic carbocycles. The molecule has 0 aliphatic heterocycles. The van der Waals surface area contributed by atoms with Gasteiger partial charge in [-0.1, -0.05) is 44.2 Å². The fraction of sp³-hybridized carbons (Fsp3) is 0.300. The number of hydrogen-bond donors (Lipinski definition) is 1. The molecule has 0 spiro atoms. The zero-order chi connectivity index (χ0) is 18.0. The Hall–Kier alpha value is -2.11. The van der Waals surface area contributed by atoms with E-state index in [0.29, 0.717) is 23.8 Å². The Kier molecular flexibility index (Phi) is 4.97. The Morgan fingerprint density at radius 1 is 1.04 bits per heavy atom. The molecule has 132 valence electrons. The largest absolute Gasteiger partial charge is 0.350 e. The van der Waals surface area contributed by atoms with E-state index in [-0.39, 0.29) is 0 Å². The van der Waals surface area contributed by atoms with Gasteiger partial charge in [-0.05, 0) is 41.7 Å². The predicted molar refractivity (Wildman–Crippen MR) is 102 cm³/mol. The van der Waals surface area contributed by atoms with Crippen LogP contribution in [0.4, 0.5) is 0 Å². The van der Waals surface area contributed by atoms with Crippen LogP contribution in [0.1, 0.15) is 30.9 Å². The summed E-state index contributed by atoms with van der Waals surface area (Å²) >= 11 is 0. The number of benzene rings is 2. The van der Waals surface area contributed by atoms with Gasteiger partial charge in [0.25, 0.3) is 0 Å². The minimum Gasteiger partial charge on any atom is -0.350 e. The van der Waals surface area contributed by atoms with Gasteiger partial charge in [0.05, 0.1) is 4.90 Å². The lowest BCUT2D eigenvalue weighted by Gasteiger charge is -2.09. The third kappa shape index (κ3) is 3.78. The lowest BCUT2D eigenvalue weighted by molar-refractivity contribution is 0.581. The van der Waals surface area contributed by atoms with E-state index in [1.807, 2.05) is 31.3 Å². The molecule has 3 rings (SSSR count). The van der Waals surface area contributed by atoms with Crippen molar-refractivity contribution in [2.24, 2.45) is 7.05 Å². The van der Waals surface area contributed by atoms with Crippen molar-refractivity contribution in [2.45, 2.75) is 31.1 Å². The van der Waals surface area contributed by atoms with Crippen molar-refractivity contribution >= 4 is 20.9 Å². The molecule has 5 heteroatoms. The molecule has 1 heterocycles. The summed E-state index contributed by atoms with van der Waals surface area (Å²) in [7, 11) is -1.47. The van der Waals surface area contributed by atoms with E-state index >= 15 is 0 Å². The minimum atomic E-state index is -3.48. The number of sulfonamides is 1. The molecule has 2 aromatic carbocycles. The molecule has 3 aromatic rings. The number of hydrogen-bond acceptors (Lipinski definition) is 2. The van der Waals surface area contributed by atoms with Gasteiger partial charge in [-0.2, -0.15) is 0 Å². The lowest BCUT2D eigenvalue weighted by Crippen LogP contribution is -2.26. The molecule has 0 radical (unpaired) electrons. The van der Waals surface area contributed by atoms with Crippen LogP contribution >= 0.6 is 0 Å². The van der Waals surface area contributed by atoms with E-state index in [9.17, 15) is 8.42 Å². The van der Waals surface area contributed by atoms with Crippen molar-refractivity contribution in [3.8, 4) is 0 Å². The Balaban J connectivity index is 1.70. The highest BCUT2D eigenvalue weighted by Gasteiger charge is 2.14. The maximum atomic E-state index is 12.5. The zero-order valence-electron chi connectivity index (χ0n) is 14.9. The lowest BCUT2D eigenvalue weighted by atomic mass is 10.0. The van der Waals surface area contributed by atoms with Crippen LogP contribution in [0, 0.1) is 0 Å². The Bertz CT molecular complexity index is 971. The minimum absolute atomic E-state index is 0.315. The van der Waals surface area contributed by atoms with E-state index in [0.717, 1.165) is 16.6 Å². The van der Waals surface area contributed by atoms with Crippen LogP contribution in [0.3, 0.4) is 0 Å². The van der Waals surface area contributed by atoms with Crippen molar-refractivity contribution in [3.63, 3.8) is 0 Å². The third-order valence-electron chi connectivity index (χ3n) is 4.52. The standard InChI is InChI=1S/C20H24N2O2S/c1-15(2)16-8-10-18(11-9-16)25(23,24)21-13-12-17-14-22(3)20-7-5-4-6-19(17)20/h4-11,14-15,21H,12-13H2,1-3H3. The number of nitrogens with one attached hydrogen (secondary N) is 1. The fourth-order valence-electron chi connectivity index (χ4n) is 3.06. The van der Waals surface area contributed by atoms with Crippen molar-refractivity contribution < 1.29 is 8.42 Å². The number of nitrogens with zero attached hydrogens (tertiary/aromatic N) is 1. The maximum absolute atomic E-state index is 12.5. The van der Waals surface area contributed by atoms with E-state index < -0.39 is 10.0 Å². The molecule has 0 bridgehead atoms. The summed E-state index contributed by atoms with van der Waals surface area (Å²) in [5.74, 6) is 0.385. The zero-order valence-corrected chi connectivity index (χ0v) is 15.7. The Morgan fingerprint density at radius 3 is 2.40 bits per heavy atom. The van der Waals surface area contributed by atoms with Crippen LogP contribution in [-0.2, 0) is 23.5 Å². The van der Waals surface area contributed by atoms with Gasteiger partial charge in [0.15, 0.2) is 0 Å². The molecule has 0 amide bonds. The van der Waals surface area contributed by atoms with Gasteiger partial charge < -0.3 is 4.57 Å². The molecule has 4 nitrogen and oxygen atoms in total. The predicted octanol–water partition coefficient (Wildman–Crippen LogP) is 3.82. The summed E-state index contributed by atoms with van der Waals surface area (Å²) in [6, 6.07) is 15.3. The van der Waals surface area contributed by atoms with Crippen molar-refractivity contribution in [3.05, 3.63) is 65.9 Å². The molecule has 0 saturated carbocycles. The summed E-state index contributed by atoms with van der Waals surface area (Å²) in [5, 5.41) is 1.17. The third-order valence-corrected chi connectivity index (χ3v) is 6.00. The fourth-order valence-corrected chi connectivity index (χ4v) is 4.09. The molecule has 1 aromatic heterocycles. The topological polar surface area (TPSA) is 51.1 Å². The molecule has 0 atom stereocenters. The van der Waals surface area contributed by atoms with E-state index in [1.54, 1.807) is 12.1 Å². The Morgan fingerprint density at radius 2 is 1.72 bits per heavy atom. The summed E-state index contributed by atoms with van der Waals surface area (Å²) < 4.78 is 29.7. The normalized spacial score (nSPS) is 12.2. The average molecular weight is 356 g/mol. The molecular formula is C20H24N2O2S. The highest BCUT2D eigenvalue weighted by molar-refractivity contribution is 7.89. The Labute approximate surface area is 149 Å². The second-order valence-electron chi connectivity index (χ2n) is 6.65. The summed E-state index contributed by atoms with van der Waals surface area (Å²) in [4.78, 5) is 0.315. The number of para-hydroxylation sites is 1. The number of fused-ring (bicyclic) bond motifs is 1. The van der Waals surface area contributed by atoms with Crippen LogP contribution in [0.25, 0.3) is 10.9 Å². The summed E-state index contributed by atoms with van der Waals surface area (Å²) in [6.45, 7) is 4.56. The maximum Gasteiger partial charge on any atom is 0.240 e. The molecule has 0 saturated heterocycles. The van der Waals surface area contributed by atoms with E-state index in [2.05, 4.69) is 41.5 Å². The first-order chi connectivity index (χ1) is 11.9. The monoisotopic (exact) mass is 356 g/mol. The van der Waals surface area contributed by atoms with Crippen LogP contribution in [0.2, 0.25) is 0 Å². The van der Waals surface area contributed by atoms with E-state index in [1.165, 1.54) is 5.39 Å². The first kappa shape index (κ1) is 17.7. The van der Waals surface area contributed by atoms with Gasteiger partial charge in [-0.15, -0.1) is 0 Å². The van der Waals surface area contributed by atoms with Gasteiger partial charge >= 0.3 is 0 Å². The first-order valence-corrected chi connectivity index (χ1v) is 9.99. The van der Waals surface area contributed by atoms with Crippen LogP contribution in [0.15, 0.2) is 59.6 Å². The molecule has 1 N–H and O–H groups in total. The average Bonchev–Trinajstić information content (AvgIpc) is 2.91.